The lowest BCUT2D eigenvalue weighted by molar-refractivity contribution is -0.137. The number of likely N-dealkylation sites (N-methyl/N-ethyl adjacent to an activating group) is 1. The number of nitrogens with zero attached hydrogens (tertiary/aromatic N) is 3. The van der Waals surface area contributed by atoms with Crippen molar-refractivity contribution in [2.75, 3.05) is 13.6 Å². The third-order valence-electron chi connectivity index (χ3n) is 5.18. The Morgan fingerprint density at radius 3 is 2.89 bits per heavy atom. The maximum absolute atomic E-state index is 12.0. The van der Waals surface area contributed by atoms with Gasteiger partial charge in [-0.3, -0.25) is 9.59 Å². The number of fused-ring (bicyclic) bond motifs is 1. The molecule has 3 N–H and O–H groups in total. The van der Waals surface area contributed by atoms with Crippen molar-refractivity contribution in [1.82, 2.24) is 14.7 Å². The summed E-state index contributed by atoms with van der Waals surface area (Å²) in [5.74, 6) is 4.73. The van der Waals surface area contributed by atoms with Gasteiger partial charge in [0.05, 0.1) is 5.69 Å². The van der Waals surface area contributed by atoms with Crippen molar-refractivity contribution < 1.29 is 14.7 Å². The average molecular weight is 364 g/mol. The van der Waals surface area contributed by atoms with Gasteiger partial charge in [-0.25, -0.2) is 4.68 Å². The van der Waals surface area contributed by atoms with E-state index in [-0.39, 0.29) is 5.91 Å². The van der Waals surface area contributed by atoms with Gasteiger partial charge >= 0.3 is 0 Å². The molecule has 1 fully saturated rings. The van der Waals surface area contributed by atoms with E-state index in [9.17, 15) is 14.7 Å². The summed E-state index contributed by atoms with van der Waals surface area (Å²) in [5, 5.41) is 14.8. The number of rotatable bonds is 2. The Kier molecular flexibility index (Phi) is 4.01. The van der Waals surface area contributed by atoms with E-state index in [0.717, 1.165) is 36.2 Å². The first kappa shape index (κ1) is 17.3. The van der Waals surface area contributed by atoms with E-state index in [4.69, 9.17) is 5.73 Å². The van der Waals surface area contributed by atoms with E-state index >= 15 is 0 Å². The molecule has 7 heteroatoms. The second kappa shape index (κ2) is 6.25. The van der Waals surface area contributed by atoms with Crippen LogP contribution in [0.1, 0.15) is 40.2 Å². The number of benzene rings is 1. The Balaban J connectivity index is 1.70. The summed E-state index contributed by atoms with van der Waals surface area (Å²) >= 11 is 0. The molecule has 1 saturated heterocycles. The van der Waals surface area contributed by atoms with Crippen LogP contribution in [0.5, 0.6) is 0 Å². The topological polar surface area (TPSA) is 101 Å². The molecule has 0 saturated carbocycles. The second-order valence-corrected chi connectivity index (χ2v) is 7.04. The van der Waals surface area contributed by atoms with Crippen molar-refractivity contribution in [3.05, 3.63) is 46.8 Å². The van der Waals surface area contributed by atoms with Crippen molar-refractivity contribution in [2.24, 2.45) is 5.73 Å². The SMILES string of the molecule is CN1CCC(O)(C#Cc2cccc(-n3nc(C(N)=O)c4c3CCC4)c2)C1=O. The normalized spacial score (nSPS) is 21.1. The van der Waals surface area contributed by atoms with Crippen LogP contribution < -0.4 is 5.73 Å². The summed E-state index contributed by atoms with van der Waals surface area (Å²) < 4.78 is 1.75. The molecule has 2 amide bonds. The Morgan fingerprint density at radius 1 is 1.37 bits per heavy atom. The molecule has 7 nitrogen and oxygen atoms in total. The van der Waals surface area contributed by atoms with Crippen molar-refractivity contribution in [1.29, 1.82) is 0 Å². The zero-order chi connectivity index (χ0) is 19.2. The number of hydrogen-bond donors (Lipinski definition) is 2. The molecule has 2 aliphatic rings. The van der Waals surface area contributed by atoms with Crippen LogP contribution in [0.2, 0.25) is 0 Å². The predicted octanol–water partition coefficient (Wildman–Crippen LogP) is 0.405. The number of likely N-dealkylation sites (tertiary alicyclic amines) is 1. The number of nitrogens with two attached hydrogens (primary N) is 1. The summed E-state index contributed by atoms with van der Waals surface area (Å²) in [6.45, 7) is 0.485. The maximum Gasteiger partial charge on any atom is 0.269 e. The summed E-state index contributed by atoms with van der Waals surface area (Å²) in [7, 11) is 1.65. The molecule has 27 heavy (non-hydrogen) atoms. The van der Waals surface area contributed by atoms with Gasteiger partial charge in [0.1, 0.15) is 0 Å². The van der Waals surface area contributed by atoms with Crippen molar-refractivity contribution in [2.45, 2.75) is 31.3 Å². The van der Waals surface area contributed by atoms with E-state index in [1.807, 2.05) is 24.3 Å². The standard InChI is InChI=1S/C20H20N4O3/c1-23-11-10-20(27,19(23)26)9-8-13-4-2-5-14(12-13)24-16-7-3-6-15(16)17(22-24)18(21)25/h2,4-5,12,27H,3,6-7,10-11H2,1H3,(H2,21,25). The third-order valence-corrected chi connectivity index (χ3v) is 5.18. The third kappa shape index (κ3) is 2.88. The van der Waals surface area contributed by atoms with Crippen LogP contribution in [0.3, 0.4) is 0 Å². The highest BCUT2D eigenvalue weighted by Gasteiger charge is 2.42. The van der Waals surface area contributed by atoms with Gasteiger partial charge in [-0.05, 0) is 37.5 Å². The first-order valence-corrected chi connectivity index (χ1v) is 8.91. The zero-order valence-electron chi connectivity index (χ0n) is 15.0. The molecule has 0 bridgehead atoms. The van der Waals surface area contributed by atoms with Gasteiger partial charge in [0, 0.05) is 36.8 Å². The minimum Gasteiger partial charge on any atom is -0.369 e. The highest BCUT2D eigenvalue weighted by molar-refractivity contribution is 5.93. The van der Waals surface area contributed by atoms with Gasteiger partial charge < -0.3 is 15.7 Å². The second-order valence-electron chi connectivity index (χ2n) is 7.04. The van der Waals surface area contributed by atoms with E-state index in [1.54, 1.807) is 11.7 Å². The largest absolute Gasteiger partial charge is 0.369 e. The van der Waals surface area contributed by atoms with Crippen LogP contribution in [0.25, 0.3) is 5.69 Å². The molecule has 138 valence electrons. The van der Waals surface area contributed by atoms with Gasteiger partial charge in [0.15, 0.2) is 5.69 Å². The Hall–Kier alpha value is -3.11. The molecular weight excluding hydrogens is 344 g/mol. The quantitative estimate of drug-likeness (QED) is 0.754. The van der Waals surface area contributed by atoms with Crippen LogP contribution in [-0.4, -0.2) is 50.8 Å². The molecule has 1 aliphatic carbocycles. The number of aromatic nitrogens is 2. The lowest BCUT2D eigenvalue weighted by Crippen LogP contribution is -2.37. The van der Waals surface area contributed by atoms with Crippen LogP contribution in [0.4, 0.5) is 0 Å². The fourth-order valence-corrected chi connectivity index (χ4v) is 3.71. The lowest BCUT2D eigenvalue weighted by atomic mass is 10.0. The number of primary amides is 1. The molecule has 0 spiro atoms. The summed E-state index contributed by atoms with van der Waals surface area (Å²) in [5.41, 5.74) is 7.52. The Morgan fingerprint density at radius 2 is 2.19 bits per heavy atom. The van der Waals surface area contributed by atoms with E-state index in [2.05, 4.69) is 16.9 Å². The zero-order valence-corrected chi connectivity index (χ0v) is 15.0. The minimum atomic E-state index is -1.63. The maximum atomic E-state index is 12.0. The van der Waals surface area contributed by atoms with Gasteiger partial charge in [-0.2, -0.15) is 5.10 Å². The summed E-state index contributed by atoms with van der Waals surface area (Å²) in [6, 6.07) is 7.35. The number of carbonyl (C=O) groups excluding carboxylic acids is 2. The highest BCUT2D eigenvalue weighted by atomic mass is 16.3. The van der Waals surface area contributed by atoms with Gasteiger partial charge in [0.25, 0.3) is 11.8 Å². The smallest absolute Gasteiger partial charge is 0.269 e. The number of hydrogen-bond acceptors (Lipinski definition) is 4. The van der Waals surface area contributed by atoms with Gasteiger partial charge in [-0.1, -0.05) is 17.9 Å². The fraction of sp³-hybridized carbons (Fsp3) is 0.350. The minimum absolute atomic E-state index is 0.295. The highest BCUT2D eigenvalue weighted by Crippen LogP contribution is 2.28. The van der Waals surface area contributed by atoms with E-state index in [0.29, 0.717) is 24.2 Å². The molecule has 4 rings (SSSR count). The van der Waals surface area contributed by atoms with Crippen LogP contribution >= 0.6 is 0 Å². The summed E-state index contributed by atoms with van der Waals surface area (Å²) in [4.78, 5) is 25.2. The molecule has 1 aromatic heterocycles. The molecular formula is C20H20N4O3. The van der Waals surface area contributed by atoms with Crippen molar-refractivity contribution >= 4 is 11.8 Å². The van der Waals surface area contributed by atoms with E-state index < -0.39 is 11.5 Å². The molecule has 2 heterocycles. The van der Waals surface area contributed by atoms with Gasteiger partial charge in [0.2, 0.25) is 5.60 Å². The van der Waals surface area contributed by atoms with Crippen LogP contribution in [0, 0.1) is 11.8 Å². The first-order valence-electron chi connectivity index (χ1n) is 8.91. The Bertz CT molecular complexity index is 1010. The predicted molar refractivity (Wildman–Crippen MR) is 98.2 cm³/mol. The van der Waals surface area contributed by atoms with E-state index in [1.165, 1.54) is 4.90 Å². The molecule has 2 aromatic rings. The van der Waals surface area contributed by atoms with Gasteiger partial charge in [-0.15, -0.1) is 0 Å². The fourth-order valence-electron chi connectivity index (χ4n) is 3.71. The monoisotopic (exact) mass is 364 g/mol. The lowest BCUT2D eigenvalue weighted by Gasteiger charge is -2.13. The number of amides is 2. The molecule has 1 aliphatic heterocycles. The average Bonchev–Trinajstić information content (AvgIpc) is 3.32. The molecule has 1 unspecified atom stereocenters. The van der Waals surface area contributed by atoms with Crippen molar-refractivity contribution in [3.63, 3.8) is 0 Å². The van der Waals surface area contributed by atoms with Crippen LogP contribution in [-0.2, 0) is 17.6 Å². The number of carbonyl (C=O) groups is 2. The van der Waals surface area contributed by atoms with Crippen LogP contribution in [0.15, 0.2) is 24.3 Å². The number of aliphatic hydroxyl groups is 1. The summed E-state index contributed by atoms with van der Waals surface area (Å²) in [6.07, 6.45) is 2.90. The Labute approximate surface area is 156 Å². The molecule has 1 atom stereocenters. The molecule has 0 radical (unpaired) electrons. The first-order chi connectivity index (χ1) is 12.9. The van der Waals surface area contributed by atoms with Crippen molar-refractivity contribution in [3.8, 4) is 17.5 Å². The molecule has 1 aromatic carbocycles.